The third kappa shape index (κ3) is 3.63. The van der Waals surface area contributed by atoms with Gasteiger partial charge in [0, 0.05) is 11.7 Å². The van der Waals surface area contributed by atoms with Gasteiger partial charge in [0.2, 0.25) is 0 Å². The van der Waals surface area contributed by atoms with E-state index in [1.807, 2.05) is 0 Å². The number of hydrogen-bond donors (Lipinski definition) is 1. The van der Waals surface area contributed by atoms with E-state index in [4.69, 9.17) is 5.10 Å². The molecule has 1 aliphatic carbocycles. The van der Waals surface area contributed by atoms with E-state index in [0.29, 0.717) is 6.04 Å². The Labute approximate surface area is 124 Å². The minimum Gasteiger partial charge on any atom is -0.312 e. The molecule has 114 valence electrons. The second-order valence-electron chi connectivity index (χ2n) is 6.44. The van der Waals surface area contributed by atoms with Gasteiger partial charge in [0.15, 0.2) is 0 Å². The van der Waals surface area contributed by atoms with Gasteiger partial charge in [0.25, 0.3) is 0 Å². The zero-order valence-electron chi connectivity index (χ0n) is 13.7. The summed E-state index contributed by atoms with van der Waals surface area (Å²) < 4.78 is 2.23. The van der Waals surface area contributed by atoms with Crippen LogP contribution >= 0.6 is 0 Å². The van der Waals surface area contributed by atoms with Gasteiger partial charge in [-0.1, -0.05) is 26.2 Å². The smallest absolute Gasteiger partial charge is 0.0625 e. The molecule has 1 atom stereocenters. The molecule has 0 bridgehead atoms. The predicted octanol–water partition coefficient (Wildman–Crippen LogP) is 3.76. The fraction of sp³-hybridized carbons (Fsp3) is 0.824. The average Bonchev–Trinajstić information content (AvgIpc) is 2.71. The summed E-state index contributed by atoms with van der Waals surface area (Å²) in [6.45, 7) is 10.9. The Balaban J connectivity index is 2.07. The molecule has 3 heteroatoms. The molecule has 0 saturated heterocycles. The van der Waals surface area contributed by atoms with E-state index < -0.39 is 0 Å². The van der Waals surface area contributed by atoms with Gasteiger partial charge in [0.05, 0.1) is 12.2 Å². The van der Waals surface area contributed by atoms with E-state index in [0.717, 1.165) is 19.0 Å². The van der Waals surface area contributed by atoms with Crippen molar-refractivity contribution in [2.24, 2.45) is 5.92 Å². The summed E-state index contributed by atoms with van der Waals surface area (Å²) in [5, 5.41) is 8.51. The summed E-state index contributed by atoms with van der Waals surface area (Å²) >= 11 is 0. The second kappa shape index (κ2) is 7.26. The fourth-order valence-electron chi connectivity index (χ4n) is 3.40. The Morgan fingerprint density at radius 2 is 1.90 bits per heavy atom. The summed E-state index contributed by atoms with van der Waals surface area (Å²) in [6, 6.07) is 0.590. The molecule has 1 heterocycles. The van der Waals surface area contributed by atoms with Crippen molar-refractivity contribution in [3.63, 3.8) is 0 Å². The summed E-state index contributed by atoms with van der Waals surface area (Å²) in [4.78, 5) is 0. The van der Waals surface area contributed by atoms with Crippen molar-refractivity contribution in [1.82, 2.24) is 15.1 Å². The minimum atomic E-state index is 0.590. The first kappa shape index (κ1) is 15.6. The summed E-state index contributed by atoms with van der Waals surface area (Å²) in [5.74, 6) is 0.833. The van der Waals surface area contributed by atoms with Gasteiger partial charge in [-0.25, -0.2) is 0 Å². The topological polar surface area (TPSA) is 29.9 Å². The van der Waals surface area contributed by atoms with Gasteiger partial charge in [-0.2, -0.15) is 5.10 Å². The molecule has 0 spiro atoms. The summed E-state index contributed by atoms with van der Waals surface area (Å²) in [6.07, 6.45) is 8.23. The first-order valence-corrected chi connectivity index (χ1v) is 8.37. The largest absolute Gasteiger partial charge is 0.312 e. The molecule has 1 saturated carbocycles. The van der Waals surface area contributed by atoms with Crippen LogP contribution in [0.1, 0.15) is 62.4 Å². The lowest BCUT2D eigenvalue weighted by molar-refractivity contribution is 0.241. The lowest BCUT2D eigenvalue weighted by atomic mass is 9.83. The van der Waals surface area contributed by atoms with Crippen LogP contribution in [-0.2, 0) is 6.54 Å². The zero-order chi connectivity index (χ0) is 14.5. The van der Waals surface area contributed by atoms with Crippen molar-refractivity contribution in [3.05, 3.63) is 17.0 Å². The highest BCUT2D eigenvalue weighted by Crippen LogP contribution is 2.27. The molecular formula is C17H31N3. The predicted molar refractivity (Wildman–Crippen MR) is 85.1 cm³/mol. The molecule has 1 aliphatic rings. The maximum absolute atomic E-state index is 4.73. The SMILES string of the molecule is CCCNC(Cn1nc(C)c(C)c1C)C1CCCCC1. The monoisotopic (exact) mass is 277 g/mol. The Morgan fingerprint density at radius 3 is 2.45 bits per heavy atom. The molecule has 1 N–H and O–H groups in total. The number of aryl methyl sites for hydroxylation is 1. The number of nitrogens with zero attached hydrogens (tertiary/aromatic N) is 2. The van der Waals surface area contributed by atoms with Crippen LogP contribution in [0.4, 0.5) is 0 Å². The lowest BCUT2D eigenvalue weighted by Crippen LogP contribution is -2.41. The number of aromatic nitrogens is 2. The van der Waals surface area contributed by atoms with Crippen LogP contribution < -0.4 is 5.32 Å². The Kier molecular flexibility index (Phi) is 5.64. The van der Waals surface area contributed by atoms with E-state index in [1.165, 1.54) is 55.5 Å². The number of hydrogen-bond acceptors (Lipinski definition) is 2. The maximum Gasteiger partial charge on any atom is 0.0625 e. The van der Waals surface area contributed by atoms with Crippen LogP contribution in [0.25, 0.3) is 0 Å². The van der Waals surface area contributed by atoms with Gasteiger partial charge in [-0.15, -0.1) is 0 Å². The van der Waals surface area contributed by atoms with Crippen molar-refractivity contribution in [1.29, 1.82) is 0 Å². The standard InChI is InChI=1S/C17H31N3/c1-5-11-18-17(16-9-7-6-8-10-16)12-20-15(4)13(2)14(3)19-20/h16-18H,5-12H2,1-4H3. The third-order valence-corrected chi connectivity index (χ3v) is 4.99. The molecule has 20 heavy (non-hydrogen) atoms. The van der Waals surface area contributed by atoms with Gasteiger partial charge in [-0.3, -0.25) is 4.68 Å². The highest BCUT2D eigenvalue weighted by atomic mass is 15.3. The molecular weight excluding hydrogens is 246 g/mol. The lowest BCUT2D eigenvalue weighted by Gasteiger charge is -2.31. The second-order valence-corrected chi connectivity index (χ2v) is 6.44. The van der Waals surface area contributed by atoms with Gasteiger partial charge in [-0.05, 0) is 58.1 Å². The van der Waals surface area contributed by atoms with Crippen molar-refractivity contribution in [2.75, 3.05) is 6.54 Å². The molecule has 0 aliphatic heterocycles. The molecule has 0 amide bonds. The van der Waals surface area contributed by atoms with Crippen LogP contribution in [0.3, 0.4) is 0 Å². The number of nitrogens with one attached hydrogen (secondary N) is 1. The van der Waals surface area contributed by atoms with Crippen LogP contribution in [0.2, 0.25) is 0 Å². The third-order valence-electron chi connectivity index (χ3n) is 4.99. The van der Waals surface area contributed by atoms with E-state index >= 15 is 0 Å². The molecule has 2 rings (SSSR count). The first-order chi connectivity index (χ1) is 9.63. The van der Waals surface area contributed by atoms with Crippen LogP contribution in [0, 0.1) is 26.7 Å². The highest BCUT2D eigenvalue weighted by Gasteiger charge is 2.24. The highest BCUT2D eigenvalue weighted by molar-refractivity contribution is 5.22. The molecule has 0 aromatic carbocycles. The van der Waals surface area contributed by atoms with Crippen molar-refractivity contribution in [2.45, 2.75) is 78.8 Å². The Hall–Kier alpha value is -0.830. The Morgan fingerprint density at radius 1 is 1.20 bits per heavy atom. The average molecular weight is 277 g/mol. The maximum atomic E-state index is 4.73. The van der Waals surface area contributed by atoms with E-state index in [1.54, 1.807) is 0 Å². The molecule has 3 nitrogen and oxygen atoms in total. The fourth-order valence-corrected chi connectivity index (χ4v) is 3.40. The van der Waals surface area contributed by atoms with Crippen molar-refractivity contribution >= 4 is 0 Å². The normalized spacial score (nSPS) is 18.4. The van der Waals surface area contributed by atoms with E-state index in [9.17, 15) is 0 Å². The van der Waals surface area contributed by atoms with Crippen LogP contribution in [0.5, 0.6) is 0 Å². The van der Waals surface area contributed by atoms with Gasteiger partial charge >= 0.3 is 0 Å². The van der Waals surface area contributed by atoms with Crippen LogP contribution in [-0.4, -0.2) is 22.4 Å². The molecule has 1 aromatic rings. The number of rotatable bonds is 6. The summed E-state index contributed by atoms with van der Waals surface area (Å²) in [7, 11) is 0. The zero-order valence-corrected chi connectivity index (χ0v) is 13.7. The quantitative estimate of drug-likeness (QED) is 0.858. The molecule has 0 radical (unpaired) electrons. The van der Waals surface area contributed by atoms with Gasteiger partial charge in [0.1, 0.15) is 0 Å². The minimum absolute atomic E-state index is 0.590. The van der Waals surface area contributed by atoms with Gasteiger partial charge < -0.3 is 5.32 Å². The van der Waals surface area contributed by atoms with Crippen LogP contribution in [0.15, 0.2) is 0 Å². The summed E-state index contributed by atoms with van der Waals surface area (Å²) in [5.41, 5.74) is 3.87. The van der Waals surface area contributed by atoms with E-state index in [2.05, 4.69) is 37.7 Å². The molecule has 1 aromatic heterocycles. The first-order valence-electron chi connectivity index (χ1n) is 8.37. The van der Waals surface area contributed by atoms with Crippen molar-refractivity contribution in [3.8, 4) is 0 Å². The van der Waals surface area contributed by atoms with E-state index in [-0.39, 0.29) is 0 Å². The molecule has 1 fully saturated rings. The van der Waals surface area contributed by atoms with Crippen molar-refractivity contribution < 1.29 is 0 Å². The Bertz CT molecular complexity index is 416. The molecule has 1 unspecified atom stereocenters.